The van der Waals surface area contributed by atoms with E-state index in [1.165, 1.54) is 35.3 Å². The standard InChI is InChI=1S/C19H25NOS.ClH/c1-20(11-10-18-7-4-12-22-18)14-16-6-3-5-15-8-9-17(21-2)13-19(15)16;/h4,7-9,12-13,16H,3,5-6,10-11,14H2,1-2H3;1H. The van der Waals surface area contributed by atoms with E-state index >= 15 is 0 Å². The Bertz CT molecular complexity index is 599. The molecule has 0 amide bonds. The fourth-order valence-electron chi connectivity index (χ4n) is 3.42. The number of nitrogens with zero attached hydrogens (tertiary/aromatic N) is 1. The van der Waals surface area contributed by atoms with Crippen molar-refractivity contribution < 1.29 is 4.74 Å². The lowest BCUT2D eigenvalue weighted by Crippen LogP contribution is -2.28. The van der Waals surface area contributed by atoms with Crippen molar-refractivity contribution >= 4 is 23.7 Å². The van der Waals surface area contributed by atoms with Crippen LogP contribution >= 0.6 is 23.7 Å². The fourth-order valence-corrected chi connectivity index (χ4v) is 4.11. The van der Waals surface area contributed by atoms with Crippen molar-refractivity contribution in [3.8, 4) is 5.75 Å². The van der Waals surface area contributed by atoms with Gasteiger partial charge in [-0.2, -0.15) is 0 Å². The zero-order chi connectivity index (χ0) is 15.4. The molecule has 0 saturated heterocycles. The summed E-state index contributed by atoms with van der Waals surface area (Å²) in [7, 11) is 4.01. The molecule has 126 valence electrons. The molecule has 0 saturated carbocycles. The molecule has 0 spiro atoms. The van der Waals surface area contributed by atoms with Crippen LogP contribution in [0.1, 0.15) is 34.8 Å². The first-order valence-corrected chi connectivity index (χ1v) is 9.02. The van der Waals surface area contributed by atoms with Crippen molar-refractivity contribution in [3.05, 3.63) is 51.7 Å². The molecule has 1 aliphatic rings. The van der Waals surface area contributed by atoms with Crippen LogP contribution in [0.2, 0.25) is 0 Å². The van der Waals surface area contributed by atoms with Crippen molar-refractivity contribution in [2.24, 2.45) is 0 Å². The number of rotatable bonds is 6. The Morgan fingerprint density at radius 1 is 1.30 bits per heavy atom. The second-order valence-corrected chi connectivity index (χ2v) is 7.28. The molecular formula is C19H26ClNOS. The highest BCUT2D eigenvalue weighted by Gasteiger charge is 2.22. The average molecular weight is 352 g/mol. The van der Waals surface area contributed by atoms with Crippen molar-refractivity contribution in [2.75, 3.05) is 27.2 Å². The molecule has 0 aliphatic heterocycles. The molecule has 0 radical (unpaired) electrons. The summed E-state index contributed by atoms with van der Waals surface area (Å²) in [5.74, 6) is 1.64. The number of fused-ring (bicyclic) bond motifs is 1. The largest absolute Gasteiger partial charge is 0.497 e. The summed E-state index contributed by atoms with van der Waals surface area (Å²) < 4.78 is 5.42. The van der Waals surface area contributed by atoms with Gasteiger partial charge in [0, 0.05) is 18.0 Å². The molecule has 1 aliphatic carbocycles. The Hall–Kier alpha value is -1.03. The molecule has 0 fully saturated rings. The lowest BCUT2D eigenvalue weighted by molar-refractivity contribution is 0.301. The summed E-state index contributed by atoms with van der Waals surface area (Å²) in [4.78, 5) is 3.97. The molecule has 3 rings (SSSR count). The van der Waals surface area contributed by atoms with E-state index in [1.54, 1.807) is 7.11 Å². The normalized spacial score (nSPS) is 16.7. The third kappa shape index (κ3) is 4.72. The molecule has 0 bridgehead atoms. The number of ether oxygens (including phenoxy) is 1. The van der Waals surface area contributed by atoms with Crippen LogP contribution in [0.25, 0.3) is 0 Å². The van der Waals surface area contributed by atoms with Gasteiger partial charge in [0.1, 0.15) is 5.75 Å². The first kappa shape index (κ1) is 18.3. The summed E-state index contributed by atoms with van der Waals surface area (Å²) in [6.07, 6.45) is 4.98. The predicted octanol–water partition coefficient (Wildman–Crippen LogP) is 4.77. The molecule has 23 heavy (non-hydrogen) atoms. The monoisotopic (exact) mass is 351 g/mol. The minimum absolute atomic E-state index is 0. The van der Waals surface area contributed by atoms with Crippen LogP contribution in [0, 0.1) is 0 Å². The van der Waals surface area contributed by atoms with Crippen LogP contribution in [0.3, 0.4) is 0 Å². The van der Waals surface area contributed by atoms with Gasteiger partial charge in [0.25, 0.3) is 0 Å². The second-order valence-electron chi connectivity index (χ2n) is 6.25. The Kier molecular flexibility index (Phi) is 6.94. The summed E-state index contributed by atoms with van der Waals surface area (Å²) in [6.45, 7) is 2.28. The predicted molar refractivity (Wildman–Crippen MR) is 101 cm³/mol. The van der Waals surface area contributed by atoms with Gasteiger partial charge in [-0.05, 0) is 73.4 Å². The summed E-state index contributed by atoms with van der Waals surface area (Å²) in [6, 6.07) is 11.0. The highest BCUT2D eigenvalue weighted by Crippen LogP contribution is 2.34. The number of likely N-dealkylation sites (N-methyl/N-ethyl adjacent to an activating group) is 1. The van der Waals surface area contributed by atoms with E-state index in [0.717, 1.165) is 25.3 Å². The van der Waals surface area contributed by atoms with Gasteiger partial charge in [-0.3, -0.25) is 0 Å². The van der Waals surface area contributed by atoms with Crippen molar-refractivity contribution in [2.45, 2.75) is 31.6 Å². The Labute approximate surface area is 149 Å². The van der Waals surface area contributed by atoms with Crippen LogP contribution < -0.4 is 4.74 Å². The van der Waals surface area contributed by atoms with E-state index in [4.69, 9.17) is 4.74 Å². The first-order valence-electron chi connectivity index (χ1n) is 8.14. The molecule has 2 aromatic rings. The SMILES string of the molecule is COc1ccc2c(c1)C(CN(C)CCc1cccs1)CCC2.Cl. The minimum Gasteiger partial charge on any atom is -0.497 e. The maximum atomic E-state index is 5.42. The maximum Gasteiger partial charge on any atom is 0.119 e. The summed E-state index contributed by atoms with van der Waals surface area (Å²) in [5.41, 5.74) is 3.03. The van der Waals surface area contributed by atoms with Crippen molar-refractivity contribution in [1.29, 1.82) is 0 Å². The van der Waals surface area contributed by atoms with E-state index < -0.39 is 0 Å². The third-order valence-electron chi connectivity index (χ3n) is 4.64. The highest BCUT2D eigenvalue weighted by atomic mass is 35.5. The zero-order valence-corrected chi connectivity index (χ0v) is 15.6. The average Bonchev–Trinajstić information content (AvgIpc) is 3.06. The minimum atomic E-state index is 0. The molecule has 0 N–H and O–H groups in total. The summed E-state index contributed by atoms with van der Waals surface area (Å²) in [5, 5.41) is 2.17. The van der Waals surface area contributed by atoms with Gasteiger partial charge in [-0.1, -0.05) is 12.1 Å². The Morgan fingerprint density at radius 2 is 2.17 bits per heavy atom. The number of thiophene rings is 1. The van der Waals surface area contributed by atoms with E-state index in [9.17, 15) is 0 Å². The maximum absolute atomic E-state index is 5.42. The Balaban J connectivity index is 0.00000192. The van der Waals surface area contributed by atoms with E-state index in [-0.39, 0.29) is 12.4 Å². The van der Waals surface area contributed by atoms with Crippen LogP contribution in [-0.4, -0.2) is 32.1 Å². The number of methoxy groups -OCH3 is 1. The van der Waals surface area contributed by atoms with Crippen LogP contribution in [0.5, 0.6) is 5.75 Å². The lowest BCUT2D eigenvalue weighted by atomic mass is 9.82. The van der Waals surface area contributed by atoms with Crippen molar-refractivity contribution in [1.82, 2.24) is 4.90 Å². The molecule has 1 aromatic carbocycles. The smallest absolute Gasteiger partial charge is 0.119 e. The van der Waals surface area contributed by atoms with Crippen LogP contribution in [0.4, 0.5) is 0 Å². The number of aryl methyl sites for hydroxylation is 1. The molecule has 1 atom stereocenters. The van der Waals surface area contributed by atoms with Gasteiger partial charge in [0.2, 0.25) is 0 Å². The number of hydrogen-bond donors (Lipinski definition) is 0. The lowest BCUT2D eigenvalue weighted by Gasteiger charge is -2.29. The van der Waals surface area contributed by atoms with E-state index in [1.807, 2.05) is 11.3 Å². The van der Waals surface area contributed by atoms with Crippen molar-refractivity contribution in [3.63, 3.8) is 0 Å². The molecule has 1 unspecified atom stereocenters. The molecule has 2 nitrogen and oxygen atoms in total. The fraction of sp³-hybridized carbons (Fsp3) is 0.474. The van der Waals surface area contributed by atoms with Crippen LogP contribution in [0.15, 0.2) is 35.7 Å². The van der Waals surface area contributed by atoms with E-state index in [0.29, 0.717) is 5.92 Å². The van der Waals surface area contributed by atoms with Gasteiger partial charge in [-0.25, -0.2) is 0 Å². The highest BCUT2D eigenvalue weighted by molar-refractivity contribution is 7.09. The number of halogens is 1. The molecule has 1 heterocycles. The molecular weight excluding hydrogens is 326 g/mol. The number of benzene rings is 1. The second kappa shape index (κ2) is 8.72. The third-order valence-corrected chi connectivity index (χ3v) is 5.58. The number of hydrogen-bond acceptors (Lipinski definition) is 3. The van der Waals surface area contributed by atoms with Gasteiger partial charge >= 0.3 is 0 Å². The Morgan fingerprint density at radius 3 is 2.91 bits per heavy atom. The van der Waals surface area contributed by atoms with Crippen LogP contribution in [-0.2, 0) is 12.8 Å². The molecule has 1 aromatic heterocycles. The first-order chi connectivity index (χ1) is 10.8. The molecule has 4 heteroatoms. The van der Waals surface area contributed by atoms with Gasteiger partial charge < -0.3 is 9.64 Å². The van der Waals surface area contributed by atoms with Gasteiger partial charge in [-0.15, -0.1) is 23.7 Å². The van der Waals surface area contributed by atoms with E-state index in [2.05, 4.69) is 47.7 Å². The van der Waals surface area contributed by atoms with Gasteiger partial charge in [0.15, 0.2) is 0 Å². The van der Waals surface area contributed by atoms with Gasteiger partial charge in [0.05, 0.1) is 7.11 Å². The topological polar surface area (TPSA) is 12.5 Å². The quantitative estimate of drug-likeness (QED) is 0.743. The summed E-state index contributed by atoms with van der Waals surface area (Å²) >= 11 is 1.86. The zero-order valence-electron chi connectivity index (χ0n) is 14.0.